The summed E-state index contributed by atoms with van der Waals surface area (Å²) in [6.07, 6.45) is 0. The van der Waals surface area contributed by atoms with Crippen molar-refractivity contribution >= 4 is 15.9 Å². The molecule has 0 radical (unpaired) electrons. The van der Waals surface area contributed by atoms with Crippen molar-refractivity contribution in [2.45, 2.75) is 6.54 Å². The zero-order valence-electron chi connectivity index (χ0n) is 10.8. The van der Waals surface area contributed by atoms with Gasteiger partial charge in [0.15, 0.2) is 11.5 Å². The van der Waals surface area contributed by atoms with Gasteiger partial charge in [-0.15, -0.1) is 0 Å². The van der Waals surface area contributed by atoms with Crippen molar-refractivity contribution < 1.29 is 9.47 Å². The molecule has 1 aliphatic heterocycles. The molecule has 1 heterocycles. The van der Waals surface area contributed by atoms with Crippen molar-refractivity contribution in [1.29, 1.82) is 0 Å². The van der Waals surface area contributed by atoms with Crippen LogP contribution in [-0.2, 0) is 6.54 Å². The number of nitrogens with zero attached hydrogens (tertiary/aromatic N) is 1. The minimum Gasteiger partial charge on any atom is -0.493 e. The molecule has 0 saturated carbocycles. The van der Waals surface area contributed by atoms with Crippen LogP contribution in [0.4, 0.5) is 0 Å². The summed E-state index contributed by atoms with van der Waals surface area (Å²) in [5.41, 5.74) is 1.23. The van der Waals surface area contributed by atoms with Crippen LogP contribution in [0.1, 0.15) is 5.56 Å². The van der Waals surface area contributed by atoms with Crippen LogP contribution in [0.15, 0.2) is 16.6 Å². The number of halogens is 1. The monoisotopic (exact) mass is 314 g/mol. The summed E-state index contributed by atoms with van der Waals surface area (Å²) in [6.45, 7) is 5.22. The van der Waals surface area contributed by atoms with Crippen molar-refractivity contribution in [1.82, 2.24) is 10.2 Å². The van der Waals surface area contributed by atoms with Gasteiger partial charge in [0, 0.05) is 32.7 Å². The molecule has 1 N–H and O–H groups in total. The van der Waals surface area contributed by atoms with E-state index in [1.807, 2.05) is 6.07 Å². The predicted octanol–water partition coefficient (Wildman–Crippen LogP) is 1.87. The molecule has 4 nitrogen and oxygen atoms in total. The summed E-state index contributed by atoms with van der Waals surface area (Å²) in [4.78, 5) is 2.43. The van der Waals surface area contributed by atoms with Gasteiger partial charge in [-0.05, 0) is 27.6 Å². The van der Waals surface area contributed by atoms with Gasteiger partial charge in [-0.2, -0.15) is 0 Å². The molecular weight excluding hydrogens is 296 g/mol. The number of ether oxygens (including phenoxy) is 2. The van der Waals surface area contributed by atoms with E-state index in [4.69, 9.17) is 9.47 Å². The molecule has 0 atom stereocenters. The van der Waals surface area contributed by atoms with Crippen LogP contribution in [0.5, 0.6) is 11.5 Å². The van der Waals surface area contributed by atoms with Crippen molar-refractivity contribution in [3.63, 3.8) is 0 Å². The van der Waals surface area contributed by atoms with Gasteiger partial charge in [0.25, 0.3) is 0 Å². The van der Waals surface area contributed by atoms with Gasteiger partial charge in [0.05, 0.1) is 18.7 Å². The van der Waals surface area contributed by atoms with E-state index in [0.29, 0.717) is 0 Å². The maximum Gasteiger partial charge on any atom is 0.175 e. The van der Waals surface area contributed by atoms with E-state index in [1.165, 1.54) is 5.56 Å². The Kier molecular flexibility index (Phi) is 4.86. The minimum atomic E-state index is 0.758. The van der Waals surface area contributed by atoms with Crippen LogP contribution in [0.25, 0.3) is 0 Å². The van der Waals surface area contributed by atoms with Gasteiger partial charge < -0.3 is 14.8 Å². The maximum atomic E-state index is 5.39. The van der Waals surface area contributed by atoms with E-state index in [2.05, 4.69) is 32.2 Å². The number of nitrogens with one attached hydrogen (secondary N) is 1. The molecule has 18 heavy (non-hydrogen) atoms. The summed E-state index contributed by atoms with van der Waals surface area (Å²) in [6, 6.07) is 4.05. The Bertz CT molecular complexity index is 406. The summed E-state index contributed by atoms with van der Waals surface area (Å²) < 4.78 is 11.7. The lowest BCUT2D eigenvalue weighted by atomic mass is 10.1. The molecule has 0 bridgehead atoms. The van der Waals surface area contributed by atoms with E-state index in [0.717, 1.165) is 48.7 Å². The van der Waals surface area contributed by atoms with E-state index in [1.54, 1.807) is 14.2 Å². The van der Waals surface area contributed by atoms with E-state index < -0.39 is 0 Å². The topological polar surface area (TPSA) is 33.7 Å². The number of methoxy groups -OCH3 is 2. The lowest BCUT2D eigenvalue weighted by Crippen LogP contribution is -2.42. The van der Waals surface area contributed by atoms with Gasteiger partial charge in [-0.1, -0.05) is 6.07 Å². The third-order valence-electron chi connectivity index (χ3n) is 3.17. The standard InChI is InChI=1S/C13H19BrN2O2/c1-17-11-4-3-10(12(14)13(11)18-2)9-16-7-5-15-6-8-16/h3-4,15H,5-9H2,1-2H3. The SMILES string of the molecule is COc1ccc(CN2CCNCC2)c(Br)c1OC. The fourth-order valence-electron chi connectivity index (χ4n) is 2.16. The zero-order valence-corrected chi connectivity index (χ0v) is 12.4. The van der Waals surface area contributed by atoms with Crippen LogP contribution < -0.4 is 14.8 Å². The fraction of sp³-hybridized carbons (Fsp3) is 0.538. The third kappa shape index (κ3) is 2.96. The molecule has 1 aromatic carbocycles. The van der Waals surface area contributed by atoms with E-state index >= 15 is 0 Å². The fourth-order valence-corrected chi connectivity index (χ4v) is 2.78. The Morgan fingerprint density at radius 3 is 2.56 bits per heavy atom. The van der Waals surface area contributed by atoms with E-state index in [9.17, 15) is 0 Å². The largest absolute Gasteiger partial charge is 0.493 e. The molecule has 0 aliphatic carbocycles. The van der Waals surface area contributed by atoms with Crippen molar-refractivity contribution in [2.75, 3.05) is 40.4 Å². The van der Waals surface area contributed by atoms with Crippen LogP contribution in [0.3, 0.4) is 0 Å². The molecule has 0 spiro atoms. The molecule has 0 aromatic heterocycles. The van der Waals surface area contributed by atoms with Crippen molar-refractivity contribution in [2.24, 2.45) is 0 Å². The predicted molar refractivity (Wildman–Crippen MR) is 75.4 cm³/mol. The average Bonchev–Trinajstić information content (AvgIpc) is 2.42. The zero-order chi connectivity index (χ0) is 13.0. The molecule has 100 valence electrons. The highest BCUT2D eigenvalue weighted by Gasteiger charge is 2.16. The second-order valence-electron chi connectivity index (χ2n) is 4.30. The van der Waals surface area contributed by atoms with Gasteiger partial charge >= 0.3 is 0 Å². The highest BCUT2D eigenvalue weighted by atomic mass is 79.9. The Balaban J connectivity index is 2.17. The average molecular weight is 315 g/mol. The summed E-state index contributed by atoms with van der Waals surface area (Å²) in [5.74, 6) is 1.53. The van der Waals surface area contributed by atoms with Crippen molar-refractivity contribution in [3.05, 3.63) is 22.2 Å². The second-order valence-corrected chi connectivity index (χ2v) is 5.09. The molecule has 1 fully saturated rings. The molecule has 1 aromatic rings. The van der Waals surface area contributed by atoms with Crippen molar-refractivity contribution in [3.8, 4) is 11.5 Å². The van der Waals surface area contributed by atoms with Crippen LogP contribution in [-0.4, -0.2) is 45.3 Å². The Morgan fingerprint density at radius 1 is 1.22 bits per heavy atom. The highest BCUT2D eigenvalue weighted by Crippen LogP contribution is 2.37. The molecule has 0 amide bonds. The number of rotatable bonds is 4. The first kappa shape index (κ1) is 13.6. The molecule has 5 heteroatoms. The van der Waals surface area contributed by atoms with Crippen LogP contribution in [0, 0.1) is 0 Å². The normalized spacial score (nSPS) is 16.6. The summed E-state index contributed by atoms with van der Waals surface area (Å²) in [5, 5.41) is 3.36. The van der Waals surface area contributed by atoms with Gasteiger partial charge in [-0.25, -0.2) is 0 Å². The Hall–Kier alpha value is -0.780. The summed E-state index contributed by atoms with van der Waals surface area (Å²) in [7, 11) is 3.32. The Morgan fingerprint density at radius 2 is 1.94 bits per heavy atom. The Labute approximate surface area is 116 Å². The first-order chi connectivity index (χ1) is 8.76. The molecular formula is C13H19BrN2O2. The molecule has 0 unspecified atom stereocenters. The first-order valence-electron chi connectivity index (χ1n) is 6.08. The molecule has 1 aliphatic rings. The van der Waals surface area contributed by atoms with Gasteiger partial charge in [0.2, 0.25) is 0 Å². The smallest absolute Gasteiger partial charge is 0.175 e. The quantitative estimate of drug-likeness (QED) is 0.920. The minimum absolute atomic E-state index is 0.758. The lowest BCUT2D eigenvalue weighted by Gasteiger charge is -2.27. The van der Waals surface area contributed by atoms with Crippen LogP contribution >= 0.6 is 15.9 Å². The summed E-state index contributed by atoms with van der Waals surface area (Å²) >= 11 is 3.61. The third-order valence-corrected chi connectivity index (χ3v) is 4.04. The number of hydrogen-bond donors (Lipinski definition) is 1. The highest BCUT2D eigenvalue weighted by molar-refractivity contribution is 9.10. The number of piperazine rings is 1. The van der Waals surface area contributed by atoms with Gasteiger partial charge in [-0.3, -0.25) is 4.90 Å². The maximum absolute atomic E-state index is 5.39. The molecule has 2 rings (SSSR count). The lowest BCUT2D eigenvalue weighted by molar-refractivity contribution is 0.232. The first-order valence-corrected chi connectivity index (χ1v) is 6.88. The van der Waals surface area contributed by atoms with Crippen LogP contribution in [0.2, 0.25) is 0 Å². The number of hydrogen-bond acceptors (Lipinski definition) is 4. The molecule has 1 saturated heterocycles. The number of benzene rings is 1. The van der Waals surface area contributed by atoms with E-state index in [-0.39, 0.29) is 0 Å². The van der Waals surface area contributed by atoms with Gasteiger partial charge in [0.1, 0.15) is 0 Å². The second kappa shape index (κ2) is 6.41.